The molecule has 0 radical (unpaired) electrons. The van der Waals surface area contributed by atoms with E-state index in [1.807, 2.05) is 35.0 Å². The van der Waals surface area contributed by atoms with Crippen LogP contribution in [0.1, 0.15) is 11.1 Å². The number of rotatable bonds is 2. The first-order chi connectivity index (χ1) is 11.3. The van der Waals surface area contributed by atoms with Crippen molar-refractivity contribution in [2.24, 2.45) is 0 Å². The van der Waals surface area contributed by atoms with Gasteiger partial charge in [0.1, 0.15) is 0 Å². The summed E-state index contributed by atoms with van der Waals surface area (Å²) in [4.78, 5) is 4.57. The third-order valence-electron chi connectivity index (χ3n) is 4.10. The predicted molar refractivity (Wildman–Crippen MR) is 90.9 cm³/mol. The zero-order valence-electron chi connectivity index (χ0n) is 13.2. The zero-order chi connectivity index (χ0) is 15.8. The van der Waals surface area contributed by atoms with Crippen LogP contribution in [0.4, 0.5) is 0 Å². The minimum absolute atomic E-state index is 0.904. The second kappa shape index (κ2) is 5.36. The molecule has 0 unspecified atom stereocenters. The lowest BCUT2D eigenvalue weighted by Gasteiger charge is -2.12. The fourth-order valence-corrected chi connectivity index (χ4v) is 3.02. The Balaban J connectivity index is 2.06. The molecule has 0 aliphatic rings. The molecule has 0 N–H and O–H groups in total. The number of hydrogen-bond donors (Lipinski definition) is 0. The van der Waals surface area contributed by atoms with Crippen molar-refractivity contribution in [3.05, 3.63) is 84.3 Å². The van der Waals surface area contributed by atoms with Crippen molar-refractivity contribution in [1.82, 2.24) is 9.55 Å². The van der Waals surface area contributed by atoms with E-state index in [1.165, 1.54) is 16.8 Å². The van der Waals surface area contributed by atoms with Crippen molar-refractivity contribution in [3.63, 3.8) is 0 Å². The molecule has 2 heterocycles. The van der Waals surface area contributed by atoms with E-state index < -0.39 is 0 Å². The van der Waals surface area contributed by atoms with E-state index >= 15 is 0 Å². The Morgan fingerprint density at radius 3 is 2.35 bits per heavy atom. The third-order valence-corrected chi connectivity index (χ3v) is 4.10. The number of aromatic nitrogens is 3. The summed E-state index contributed by atoms with van der Waals surface area (Å²) in [5.74, 6) is 0. The maximum Gasteiger partial charge on any atom is 0.207 e. The van der Waals surface area contributed by atoms with Crippen LogP contribution in [0.15, 0.2) is 66.9 Å². The van der Waals surface area contributed by atoms with E-state index in [4.69, 9.17) is 0 Å². The molecule has 3 heteroatoms. The average molecular weight is 299 g/mol. The van der Waals surface area contributed by atoms with Gasteiger partial charge in [0.25, 0.3) is 0 Å². The topological polar surface area (TPSA) is 21.7 Å². The summed E-state index contributed by atoms with van der Waals surface area (Å²) in [6.07, 6.45) is 5.30. The monoisotopic (exact) mass is 299 g/mol. The molecular formula is C20H17N3. The number of nitrogens with zero attached hydrogens (tertiary/aromatic N) is 3. The van der Waals surface area contributed by atoms with Crippen molar-refractivity contribution < 1.29 is 4.57 Å². The van der Waals surface area contributed by atoms with Gasteiger partial charge in [-0.2, -0.15) is 4.98 Å². The summed E-state index contributed by atoms with van der Waals surface area (Å²) in [6.45, 7) is 4.26. The number of para-hydroxylation sites is 2. The molecule has 2 aromatic heterocycles. The van der Waals surface area contributed by atoms with Gasteiger partial charge in [0.2, 0.25) is 5.65 Å². The van der Waals surface area contributed by atoms with Crippen LogP contribution in [0.2, 0.25) is 0 Å². The van der Waals surface area contributed by atoms with E-state index in [-0.39, 0.29) is 0 Å². The van der Waals surface area contributed by atoms with Crippen LogP contribution in [0.25, 0.3) is 22.5 Å². The average Bonchev–Trinajstić information content (AvgIpc) is 2.95. The van der Waals surface area contributed by atoms with Crippen LogP contribution in [0.5, 0.6) is 0 Å². The molecule has 4 aromatic rings. The van der Waals surface area contributed by atoms with Crippen LogP contribution in [0, 0.1) is 20.2 Å². The minimum Gasteiger partial charge on any atom is -0.324 e. The molecule has 0 amide bonds. The predicted octanol–water partition coefficient (Wildman–Crippen LogP) is 3.72. The Hall–Kier alpha value is -2.94. The fraction of sp³-hybridized carbons (Fsp3) is 0.100. The molecule has 3 nitrogen and oxygen atoms in total. The summed E-state index contributed by atoms with van der Waals surface area (Å²) in [6, 6.07) is 20.6. The van der Waals surface area contributed by atoms with Crippen LogP contribution in [0.3, 0.4) is 0 Å². The smallest absolute Gasteiger partial charge is 0.207 e. The molecular weight excluding hydrogens is 282 g/mol. The largest absolute Gasteiger partial charge is 0.324 e. The Bertz CT molecular complexity index is 964. The Kier molecular flexibility index (Phi) is 3.19. The summed E-state index contributed by atoms with van der Waals surface area (Å²) in [5.41, 5.74) is 6.63. The first kappa shape index (κ1) is 13.7. The van der Waals surface area contributed by atoms with Crippen molar-refractivity contribution in [2.45, 2.75) is 13.8 Å². The SMILES string of the molecule is Cc1cccc(C)c1-n1[c-][n+](-c2ccccc2)c2ncccc21. The summed E-state index contributed by atoms with van der Waals surface area (Å²) in [7, 11) is 0. The van der Waals surface area contributed by atoms with Crippen LogP contribution in [-0.4, -0.2) is 9.55 Å². The van der Waals surface area contributed by atoms with Crippen molar-refractivity contribution in [2.75, 3.05) is 0 Å². The van der Waals surface area contributed by atoms with Gasteiger partial charge < -0.3 is 4.57 Å². The van der Waals surface area contributed by atoms with Gasteiger partial charge in [-0.25, -0.2) is 0 Å². The van der Waals surface area contributed by atoms with Gasteiger partial charge in [0, 0.05) is 11.4 Å². The fourth-order valence-electron chi connectivity index (χ4n) is 3.02. The van der Waals surface area contributed by atoms with Gasteiger partial charge in [-0.1, -0.05) is 54.6 Å². The molecule has 0 spiro atoms. The van der Waals surface area contributed by atoms with Gasteiger partial charge >= 0.3 is 0 Å². The lowest BCUT2D eigenvalue weighted by molar-refractivity contribution is -0.574. The molecule has 0 aliphatic heterocycles. The van der Waals surface area contributed by atoms with E-state index in [0.29, 0.717) is 0 Å². The Morgan fingerprint density at radius 1 is 0.870 bits per heavy atom. The van der Waals surface area contributed by atoms with Gasteiger partial charge in [-0.05, 0) is 31.0 Å². The van der Waals surface area contributed by atoms with Gasteiger partial charge in [0.15, 0.2) is 6.33 Å². The van der Waals surface area contributed by atoms with Crippen LogP contribution in [-0.2, 0) is 0 Å². The first-order valence-corrected chi connectivity index (χ1v) is 7.68. The molecule has 0 fully saturated rings. The second-order valence-corrected chi connectivity index (χ2v) is 5.69. The van der Waals surface area contributed by atoms with Crippen molar-refractivity contribution in [1.29, 1.82) is 0 Å². The standard InChI is InChI=1S/C20H17N3/c1-15-8-6-9-16(2)19(15)23-14-22(17-10-4-3-5-11-17)20-18(23)12-7-13-21-20/h3-13H,1-2H3. The van der Waals surface area contributed by atoms with Crippen molar-refractivity contribution in [3.8, 4) is 11.4 Å². The number of aryl methyl sites for hydroxylation is 2. The highest BCUT2D eigenvalue weighted by atomic mass is 15.2. The number of fused-ring (bicyclic) bond motifs is 1. The molecule has 0 bridgehead atoms. The van der Waals surface area contributed by atoms with E-state index in [0.717, 1.165) is 16.9 Å². The normalized spacial score (nSPS) is 11.0. The van der Waals surface area contributed by atoms with Crippen LogP contribution >= 0.6 is 0 Å². The summed E-state index contributed by atoms with van der Waals surface area (Å²) >= 11 is 0. The maximum absolute atomic E-state index is 4.57. The third kappa shape index (κ3) is 2.21. The van der Waals surface area contributed by atoms with Gasteiger partial charge in [-0.15, -0.1) is 0 Å². The number of hydrogen-bond acceptors (Lipinski definition) is 1. The second-order valence-electron chi connectivity index (χ2n) is 5.69. The number of pyridine rings is 1. The highest BCUT2D eigenvalue weighted by Gasteiger charge is 2.13. The minimum atomic E-state index is 0.904. The molecule has 4 rings (SSSR count). The quantitative estimate of drug-likeness (QED) is 0.408. The summed E-state index contributed by atoms with van der Waals surface area (Å²) in [5, 5.41) is 0. The van der Waals surface area contributed by atoms with Gasteiger partial charge in [-0.3, -0.25) is 4.57 Å². The lowest BCUT2D eigenvalue weighted by atomic mass is 10.1. The first-order valence-electron chi connectivity index (χ1n) is 7.68. The summed E-state index contributed by atoms with van der Waals surface area (Å²) < 4.78 is 4.13. The number of benzene rings is 2. The molecule has 0 aliphatic carbocycles. The molecule has 0 saturated heterocycles. The molecule has 23 heavy (non-hydrogen) atoms. The number of imidazole rings is 1. The zero-order valence-corrected chi connectivity index (χ0v) is 13.2. The molecule has 0 saturated carbocycles. The van der Waals surface area contributed by atoms with E-state index in [1.54, 1.807) is 0 Å². The Labute approximate surface area is 135 Å². The molecule has 112 valence electrons. The van der Waals surface area contributed by atoms with Crippen molar-refractivity contribution >= 4 is 11.2 Å². The van der Waals surface area contributed by atoms with E-state index in [9.17, 15) is 0 Å². The lowest BCUT2D eigenvalue weighted by Crippen LogP contribution is -2.30. The van der Waals surface area contributed by atoms with Gasteiger partial charge in [0.05, 0.1) is 11.7 Å². The highest BCUT2D eigenvalue weighted by molar-refractivity contribution is 5.71. The van der Waals surface area contributed by atoms with E-state index in [2.05, 4.69) is 66.1 Å². The molecule has 2 aromatic carbocycles. The highest BCUT2D eigenvalue weighted by Crippen LogP contribution is 2.22. The van der Waals surface area contributed by atoms with Crippen LogP contribution < -0.4 is 4.57 Å². The Morgan fingerprint density at radius 2 is 1.61 bits per heavy atom. The molecule has 0 atom stereocenters. The maximum atomic E-state index is 4.57.